The van der Waals surface area contributed by atoms with Crippen molar-refractivity contribution in [1.82, 2.24) is 9.78 Å². The molecule has 0 amide bonds. The van der Waals surface area contributed by atoms with E-state index in [0.29, 0.717) is 11.4 Å². The minimum Gasteiger partial charge on any atom is -0.465 e. The van der Waals surface area contributed by atoms with E-state index in [2.05, 4.69) is 5.10 Å². The number of aryl methyl sites for hydroxylation is 2. The molecule has 0 N–H and O–H groups in total. The number of carbonyl (C=O) groups excluding carboxylic acids is 2. The van der Waals surface area contributed by atoms with Crippen molar-refractivity contribution in [2.75, 3.05) is 14.2 Å². The van der Waals surface area contributed by atoms with Crippen LogP contribution >= 0.6 is 0 Å². The molecule has 0 aliphatic heterocycles. The number of hydrogen-bond acceptors (Lipinski definition) is 5. The number of aromatic nitrogens is 2. The average molecular weight is 378 g/mol. The van der Waals surface area contributed by atoms with Gasteiger partial charge in [0.05, 0.1) is 19.9 Å². The molecule has 0 bridgehead atoms. The molecule has 0 atom stereocenters. The van der Waals surface area contributed by atoms with Gasteiger partial charge in [-0.25, -0.2) is 14.3 Å². The Bertz CT molecular complexity index is 1020. The molecule has 6 nitrogen and oxygen atoms in total. The number of benzene rings is 2. The average Bonchev–Trinajstić information content (AvgIpc) is 3.13. The van der Waals surface area contributed by atoms with Crippen LogP contribution in [0.25, 0.3) is 16.9 Å². The Morgan fingerprint density at radius 2 is 1.64 bits per heavy atom. The van der Waals surface area contributed by atoms with Gasteiger partial charge in [-0.05, 0) is 36.6 Å². The van der Waals surface area contributed by atoms with E-state index in [1.807, 2.05) is 62.4 Å². The molecule has 3 aromatic rings. The van der Waals surface area contributed by atoms with Crippen LogP contribution in [0.15, 0.2) is 48.5 Å². The molecule has 0 saturated carbocycles. The van der Waals surface area contributed by atoms with Gasteiger partial charge < -0.3 is 9.47 Å². The van der Waals surface area contributed by atoms with Crippen molar-refractivity contribution in [2.45, 2.75) is 20.3 Å². The standard InChI is InChI=1S/C22H22N2O4/c1-5-15-11-9-10-14(2)17(15)19-18(21(25)27-3)20(22(26)28-4)24(23-19)16-12-7-6-8-13-16/h6-13H,5H2,1-4H3. The number of esters is 2. The van der Waals surface area contributed by atoms with Crippen molar-refractivity contribution in [3.8, 4) is 16.9 Å². The normalized spacial score (nSPS) is 10.6. The zero-order valence-corrected chi connectivity index (χ0v) is 16.4. The van der Waals surface area contributed by atoms with E-state index in [4.69, 9.17) is 9.47 Å². The molecule has 28 heavy (non-hydrogen) atoms. The van der Waals surface area contributed by atoms with Crippen molar-refractivity contribution in [3.63, 3.8) is 0 Å². The molecule has 0 aliphatic rings. The summed E-state index contributed by atoms with van der Waals surface area (Å²) < 4.78 is 11.4. The predicted octanol–water partition coefficient (Wildman–Crippen LogP) is 3.98. The van der Waals surface area contributed by atoms with Gasteiger partial charge in [0, 0.05) is 5.56 Å². The number of ether oxygens (including phenoxy) is 2. The van der Waals surface area contributed by atoms with E-state index < -0.39 is 11.9 Å². The molecule has 0 spiro atoms. The molecule has 6 heteroatoms. The summed E-state index contributed by atoms with van der Waals surface area (Å²) in [4.78, 5) is 25.4. The number of carbonyl (C=O) groups is 2. The number of para-hydroxylation sites is 1. The zero-order chi connectivity index (χ0) is 20.3. The summed E-state index contributed by atoms with van der Waals surface area (Å²) in [5, 5.41) is 4.67. The first-order valence-corrected chi connectivity index (χ1v) is 8.97. The van der Waals surface area contributed by atoms with Crippen LogP contribution < -0.4 is 0 Å². The monoisotopic (exact) mass is 378 g/mol. The van der Waals surface area contributed by atoms with Gasteiger partial charge in [-0.2, -0.15) is 5.10 Å². The Hall–Kier alpha value is -3.41. The molecule has 1 heterocycles. The summed E-state index contributed by atoms with van der Waals surface area (Å²) in [7, 11) is 2.56. The molecule has 3 rings (SSSR count). The Morgan fingerprint density at radius 1 is 0.964 bits per heavy atom. The van der Waals surface area contributed by atoms with E-state index in [0.717, 1.165) is 23.1 Å². The number of methoxy groups -OCH3 is 2. The predicted molar refractivity (Wildman–Crippen MR) is 106 cm³/mol. The lowest BCUT2D eigenvalue weighted by atomic mass is 9.94. The van der Waals surface area contributed by atoms with E-state index in [1.165, 1.54) is 18.9 Å². The molecule has 1 aromatic heterocycles. The maximum atomic E-state index is 12.7. The van der Waals surface area contributed by atoms with Crippen molar-refractivity contribution < 1.29 is 19.1 Å². The van der Waals surface area contributed by atoms with E-state index >= 15 is 0 Å². The van der Waals surface area contributed by atoms with Crippen molar-refractivity contribution in [2.24, 2.45) is 0 Å². The highest BCUT2D eigenvalue weighted by Gasteiger charge is 2.32. The van der Waals surface area contributed by atoms with Crippen LogP contribution in [-0.4, -0.2) is 35.9 Å². The fourth-order valence-electron chi connectivity index (χ4n) is 3.29. The highest BCUT2D eigenvalue weighted by Crippen LogP contribution is 2.33. The molecule has 0 fully saturated rings. The van der Waals surface area contributed by atoms with Gasteiger partial charge in [0.1, 0.15) is 11.3 Å². The summed E-state index contributed by atoms with van der Waals surface area (Å²) in [5.41, 5.74) is 4.00. The van der Waals surface area contributed by atoms with Gasteiger partial charge in [-0.15, -0.1) is 0 Å². The topological polar surface area (TPSA) is 70.4 Å². The van der Waals surface area contributed by atoms with E-state index in [9.17, 15) is 9.59 Å². The quantitative estimate of drug-likeness (QED) is 0.628. The van der Waals surface area contributed by atoms with Gasteiger partial charge >= 0.3 is 11.9 Å². The first-order valence-electron chi connectivity index (χ1n) is 8.97. The van der Waals surface area contributed by atoms with Gasteiger partial charge in [0.2, 0.25) is 0 Å². The van der Waals surface area contributed by atoms with Crippen molar-refractivity contribution in [3.05, 3.63) is 70.9 Å². The first-order chi connectivity index (χ1) is 13.5. The summed E-state index contributed by atoms with van der Waals surface area (Å²) in [5.74, 6) is -1.29. The molecular formula is C22H22N2O4. The third kappa shape index (κ3) is 3.29. The lowest BCUT2D eigenvalue weighted by molar-refractivity contribution is 0.0549. The largest absolute Gasteiger partial charge is 0.465 e. The number of hydrogen-bond donors (Lipinski definition) is 0. The maximum absolute atomic E-state index is 12.7. The minimum absolute atomic E-state index is 0.0425. The lowest BCUT2D eigenvalue weighted by Crippen LogP contribution is -2.15. The fraction of sp³-hybridized carbons (Fsp3) is 0.227. The Balaban J connectivity index is 2.43. The second kappa shape index (κ2) is 8.08. The Labute approximate surface area is 163 Å². The Morgan fingerprint density at radius 3 is 2.25 bits per heavy atom. The summed E-state index contributed by atoms with van der Waals surface area (Å²) >= 11 is 0. The second-order valence-corrected chi connectivity index (χ2v) is 6.27. The van der Waals surface area contributed by atoms with Crippen LogP contribution in [0, 0.1) is 6.92 Å². The van der Waals surface area contributed by atoms with Crippen molar-refractivity contribution in [1.29, 1.82) is 0 Å². The van der Waals surface area contributed by atoms with E-state index in [-0.39, 0.29) is 11.3 Å². The van der Waals surface area contributed by atoms with Gasteiger partial charge in [0.15, 0.2) is 5.69 Å². The van der Waals surface area contributed by atoms with Crippen LogP contribution in [0.4, 0.5) is 0 Å². The Kier molecular flexibility index (Phi) is 5.59. The maximum Gasteiger partial charge on any atom is 0.357 e. The second-order valence-electron chi connectivity index (χ2n) is 6.27. The highest BCUT2D eigenvalue weighted by atomic mass is 16.5. The molecule has 0 saturated heterocycles. The highest BCUT2D eigenvalue weighted by molar-refractivity contribution is 6.07. The van der Waals surface area contributed by atoms with Gasteiger partial charge in [-0.3, -0.25) is 0 Å². The number of rotatable bonds is 5. The first kappa shape index (κ1) is 19.4. The summed E-state index contributed by atoms with van der Waals surface area (Å²) in [6.45, 7) is 3.99. The minimum atomic E-state index is -0.658. The third-order valence-corrected chi connectivity index (χ3v) is 4.63. The lowest BCUT2D eigenvalue weighted by Gasteiger charge is -2.10. The van der Waals surface area contributed by atoms with Crippen LogP contribution in [-0.2, 0) is 15.9 Å². The molecule has 144 valence electrons. The molecule has 0 radical (unpaired) electrons. The fourth-order valence-corrected chi connectivity index (χ4v) is 3.29. The zero-order valence-electron chi connectivity index (χ0n) is 16.4. The number of nitrogens with zero attached hydrogens (tertiary/aromatic N) is 2. The van der Waals surface area contributed by atoms with Crippen LogP contribution in [0.1, 0.15) is 38.9 Å². The smallest absolute Gasteiger partial charge is 0.357 e. The van der Waals surface area contributed by atoms with Gasteiger partial charge in [-0.1, -0.05) is 43.3 Å². The van der Waals surface area contributed by atoms with Gasteiger partial charge in [0.25, 0.3) is 0 Å². The van der Waals surface area contributed by atoms with Crippen LogP contribution in [0.5, 0.6) is 0 Å². The SMILES string of the molecule is CCc1cccc(C)c1-c1nn(-c2ccccc2)c(C(=O)OC)c1C(=O)OC. The van der Waals surface area contributed by atoms with Crippen molar-refractivity contribution >= 4 is 11.9 Å². The van der Waals surface area contributed by atoms with Crippen LogP contribution in [0.3, 0.4) is 0 Å². The summed E-state index contributed by atoms with van der Waals surface area (Å²) in [6, 6.07) is 15.1. The van der Waals surface area contributed by atoms with E-state index in [1.54, 1.807) is 0 Å². The summed E-state index contributed by atoms with van der Waals surface area (Å²) in [6.07, 6.45) is 0.753. The van der Waals surface area contributed by atoms with Crippen LogP contribution in [0.2, 0.25) is 0 Å². The molecular weight excluding hydrogens is 356 g/mol. The third-order valence-electron chi connectivity index (χ3n) is 4.63. The molecule has 0 unspecified atom stereocenters. The molecule has 0 aliphatic carbocycles. The molecule has 2 aromatic carbocycles.